The van der Waals surface area contributed by atoms with Crippen molar-refractivity contribution < 1.29 is 17.9 Å². The number of halogens is 1. The van der Waals surface area contributed by atoms with Gasteiger partial charge in [0.1, 0.15) is 5.82 Å². The normalized spacial score (nSPS) is 11.7. The molecule has 0 saturated heterocycles. The Morgan fingerprint density at radius 3 is 2.68 bits per heavy atom. The molecule has 0 atom stereocenters. The van der Waals surface area contributed by atoms with Crippen molar-refractivity contribution in [3.63, 3.8) is 0 Å². The molecule has 0 spiro atoms. The molecular formula is C11H17FN2O3S2. The second-order valence-corrected chi connectivity index (χ2v) is 6.80. The maximum Gasteiger partial charge on any atom is 0.240 e. The molecule has 1 rings (SSSR count). The van der Waals surface area contributed by atoms with Gasteiger partial charge in [0.15, 0.2) is 0 Å². The van der Waals surface area contributed by atoms with Crippen LogP contribution in [0.1, 0.15) is 6.42 Å². The Labute approximate surface area is 116 Å². The highest BCUT2D eigenvalue weighted by Crippen LogP contribution is 2.15. The minimum atomic E-state index is -3.73. The van der Waals surface area contributed by atoms with Gasteiger partial charge in [-0.15, -0.1) is 0 Å². The van der Waals surface area contributed by atoms with Crippen molar-refractivity contribution in [2.24, 2.45) is 0 Å². The number of nitrogens with two attached hydrogens (primary N) is 1. The van der Waals surface area contributed by atoms with Crippen LogP contribution in [0.15, 0.2) is 23.1 Å². The third kappa shape index (κ3) is 5.77. The number of thioether (sulfide) groups is 1. The molecule has 0 aliphatic rings. The predicted octanol–water partition coefficient (Wildman–Crippen LogP) is 0.802. The Morgan fingerprint density at radius 2 is 2.05 bits per heavy atom. The van der Waals surface area contributed by atoms with E-state index in [1.54, 1.807) is 0 Å². The van der Waals surface area contributed by atoms with Gasteiger partial charge in [0, 0.05) is 24.6 Å². The second kappa shape index (κ2) is 7.68. The molecule has 1 aromatic carbocycles. The average molecular weight is 308 g/mol. The molecule has 8 heteroatoms. The summed E-state index contributed by atoms with van der Waals surface area (Å²) in [6.07, 6.45) is 0.678. The van der Waals surface area contributed by atoms with E-state index in [1.165, 1.54) is 17.8 Å². The van der Waals surface area contributed by atoms with Gasteiger partial charge in [-0.3, -0.25) is 0 Å². The Kier molecular flexibility index (Phi) is 6.56. The third-order valence-electron chi connectivity index (χ3n) is 2.19. The third-order valence-corrected chi connectivity index (χ3v) is 4.70. The topological polar surface area (TPSA) is 92.4 Å². The first-order chi connectivity index (χ1) is 8.95. The van der Waals surface area contributed by atoms with Crippen LogP contribution in [0.4, 0.5) is 10.1 Å². The van der Waals surface area contributed by atoms with Crippen LogP contribution in [0, 0.1) is 5.82 Å². The molecule has 0 unspecified atom stereocenters. The summed E-state index contributed by atoms with van der Waals surface area (Å²) in [5.41, 5.74) is 5.47. The molecule has 0 radical (unpaired) electrons. The van der Waals surface area contributed by atoms with Crippen molar-refractivity contribution in [1.82, 2.24) is 4.72 Å². The number of hydrogen-bond acceptors (Lipinski definition) is 5. The highest BCUT2D eigenvalue weighted by molar-refractivity contribution is 7.99. The number of nitrogen functional groups attached to an aromatic ring is 1. The Hall–Kier alpha value is -0.830. The molecule has 108 valence electrons. The van der Waals surface area contributed by atoms with Crippen molar-refractivity contribution in [1.29, 1.82) is 0 Å². The van der Waals surface area contributed by atoms with Crippen LogP contribution >= 0.6 is 11.8 Å². The predicted molar refractivity (Wildman–Crippen MR) is 75.0 cm³/mol. The summed E-state index contributed by atoms with van der Waals surface area (Å²) in [6.45, 7) is 0.371. The summed E-state index contributed by atoms with van der Waals surface area (Å²) >= 11 is 1.53. The zero-order chi connectivity index (χ0) is 14.3. The molecule has 0 saturated carbocycles. The van der Waals surface area contributed by atoms with Gasteiger partial charge in [-0.05, 0) is 30.4 Å². The highest BCUT2D eigenvalue weighted by Gasteiger charge is 2.14. The van der Waals surface area contributed by atoms with Crippen molar-refractivity contribution >= 4 is 27.5 Å². The zero-order valence-corrected chi connectivity index (χ0v) is 11.9. The molecule has 4 N–H and O–H groups in total. The molecule has 0 amide bonds. The van der Waals surface area contributed by atoms with Crippen LogP contribution in [0.25, 0.3) is 0 Å². The minimum Gasteiger partial charge on any atom is -0.399 e. The minimum absolute atomic E-state index is 0.0673. The molecule has 0 aliphatic carbocycles. The van der Waals surface area contributed by atoms with Gasteiger partial charge in [-0.1, -0.05) is 0 Å². The number of benzene rings is 1. The number of hydrogen-bond donors (Lipinski definition) is 3. The summed E-state index contributed by atoms with van der Waals surface area (Å²) in [4.78, 5) is -0.176. The van der Waals surface area contributed by atoms with E-state index in [4.69, 9.17) is 10.8 Å². The number of aliphatic hydroxyl groups excluding tert-OH is 1. The molecule has 1 aromatic rings. The number of rotatable bonds is 8. The quantitative estimate of drug-likeness (QED) is 0.488. The van der Waals surface area contributed by atoms with Crippen LogP contribution in [0.2, 0.25) is 0 Å². The Morgan fingerprint density at radius 1 is 1.32 bits per heavy atom. The summed E-state index contributed by atoms with van der Waals surface area (Å²) in [5.74, 6) is 0.674. The van der Waals surface area contributed by atoms with Gasteiger partial charge in [0.2, 0.25) is 10.0 Å². The Bertz CT molecular complexity index is 488. The van der Waals surface area contributed by atoms with E-state index in [-0.39, 0.29) is 23.7 Å². The lowest BCUT2D eigenvalue weighted by atomic mass is 10.3. The number of aliphatic hydroxyl groups is 1. The summed E-state index contributed by atoms with van der Waals surface area (Å²) in [7, 11) is -3.73. The van der Waals surface area contributed by atoms with E-state index in [9.17, 15) is 12.8 Å². The summed E-state index contributed by atoms with van der Waals surface area (Å²) in [5, 5.41) is 8.58. The van der Waals surface area contributed by atoms with E-state index in [1.807, 2.05) is 0 Å². The van der Waals surface area contributed by atoms with Gasteiger partial charge in [-0.2, -0.15) is 11.8 Å². The van der Waals surface area contributed by atoms with Crippen LogP contribution < -0.4 is 10.5 Å². The molecule has 0 aromatic heterocycles. The summed E-state index contributed by atoms with van der Waals surface area (Å²) in [6, 6.07) is 3.20. The fourth-order valence-electron chi connectivity index (χ4n) is 1.34. The summed E-state index contributed by atoms with van der Waals surface area (Å²) < 4.78 is 39.1. The first-order valence-corrected chi connectivity index (χ1v) is 8.34. The van der Waals surface area contributed by atoms with E-state index < -0.39 is 15.8 Å². The standard InChI is InChI=1S/C11H17FN2O3S2/c12-9-6-10(13)8-11(7-9)19(16,17)14-2-5-18-4-1-3-15/h6-8,14-15H,1-5,13H2. The van der Waals surface area contributed by atoms with Crippen molar-refractivity contribution in [2.75, 3.05) is 30.4 Å². The maximum absolute atomic E-state index is 13.1. The van der Waals surface area contributed by atoms with Crippen LogP contribution in [-0.4, -0.2) is 38.2 Å². The molecule has 19 heavy (non-hydrogen) atoms. The smallest absolute Gasteiger partial charge is 0.240 e. The molecule has 0 aliphatic heterocycles. The lowest BCUT2D eigenvalue weighted by Gasteiger charge is -2.07. The molecular weight excluding hydrogens is 291 g/mol. The van der Waals surface area contributed by atoms with E-state index in [0.717, 1.165) is 17.9 Å². The fourth-order valence-corrected chi connectivity index (χ4v) is 3.35. The van der Waals surface area contributed by atoms with Crippen molar-refractivity contribution in [2.45, 2.75) is 11.3 Å². The van der Waals surface area contributed by atoms with Gasteiger partial charge in [0.05, 0.1) is 4.90 Å². The van der Waals surface area contributed by atoms with E-state index >= 15 is 0 Å². The highest BCUT2D eigenvalue weighted by atomic mass is 32.2. The number of sulfonamides is 1. The lowest BCUT2D eigenvalue weighted by Crippen LogP contribution is -2.26. The lowest BCUT2D eigenvalue weighted by molar-refractivity contribution is 0.296. The van der Waals surface area contributed by atoms with Crippen LogP contribution in [0.5, 0.6) is 0 Å². The van der Waals surface area contributed by atoms with Crippen LogP contribution in [0.3, 0.4) is 0 Å². The van der Waals surface area contributed by atoms with Gasteiger partial charge < -0.3 is 10.8 Å². The van der Waals surface area contributed by atoms with E-state index in [2.05, 4.69) is 4.72 Å². The maximum atomic E-state index is 13.1. The van der Waals surface area contributed by atoms with Gasteiger partial charge in [0.25, 0.3) is 0 Å². The van der Waals surface area contributed by atoms with Gasteiger partial charge in [-0.25, -0.2) is 17.5 Å². The average Bonchev–Trinajstić information content (AvgIpc) is 2.32. The van der Waals surface area contributed by atoms with Crippen LogP contribution in [-0.2, 0) is 10.0 Å². The van der Waals surface area contributed by atoms with Crippen molar-refractivity contribution in [3.8, 4) is 0 Å². The monoisotopic (exact) mass is 308 g/mol. The first kappa shape index (κ1) is 16.2. The van der Waals surface area contributed by atoms with E-state index in [0.29, 0.717) is 12.2 Å². The Balaban J connectivity index is 2.51. The van der Waals surface area contributed by atoms with Crippen molar-refractivity contribution in [3.05, 3.63) is 24.0 Å². The SMILES string of the molecule is Nc1cc(F)cc(S(=O)(=O)NCCSCCCO)c1. The number of anilines is 1. The number of nitrogens with one attached hydrogen (secondary N) is 1. The zero-order valence-electron chi connectivity index (χ0n) is 10.3. The molecule has 0 fully saturated rings. The second-order valence-electron chi connectivity index (χ2n) is 3.81. The molecule has 0 heterocycles. The molecule has 0 bridgehead atoms. The molecule has 5 nitrogen and oxygen atoms in total. The fraction of sp³-hybridized carbons (Fsp3) is 0.455. The first-order valence-electron chi connectivity index (χ1n) is 5.70. The largest absolute Gasteiger partial charge is 0.399 e. The van der Waals surface area contributed by atoms with Gasteiger partial charge >= 0.3 is 0 Å².